The number of benzene rings is 2. The van der Waals surface area contributed by atoms with E-state index in [1.807, 2.05) is 75.3 Å². The standard InChI is InChI=1S/C22H27N3O3S.ClH/c1-5-27-18-9-10-19-20(14-18)29-22(23-19)25(12-11-24(3)4)21(26)15-28-17-8-6-7-16(2)13-17;/h6-10,13-14H,5,11-12,15H2,1-4H3;1H. The summed E-state index contributed by atoms with van der Waals surface area (Å²) in [6, 6.07) is 13.5. The van der Waals surface area contributed by atoms with Crippen LogP contribution in [0.15, 0.2) is 42.5 Å². The molecule has 3 aromatic rings. The second-order valence-corrected chi connectivity index (χ2v) is 8.02. The lowest BCUT2D eigenvalue weighted by atomic mass is 10.2. The minimum atomic E-state index is -0.113. The molecule has 0 spiro atoms. The molecule has 2 aromatic carbocycles. The van der Waals surface area contributed by atoms with Crippen molar-refractivity contribution in [3.63, 3.8) is 0 Å². The molecule has 1 heterocycles. The topological polar surface area (TPSA) is 54.9 Å². The highest BCUT2D eigenvalue weighted by atomic mass is 35.5. The second kappa shape index (κ2) is 11.2. The molecule has 0 saturated carbocycles. The van der Waals surface area contributed by atoms with Gasteiger partial charge < -0.3 is 14.4 Å². The van der Waals surface area contributed by atoms with Crippen molar-refractivity contribution in [2.75, 3.05) is 45.3 Å². The fourth-order valence-corrected chi connectivity index (χ4v) is 3.86. The largest absolute Gasteiger partial charge is 0.494 e. The van der Waals surface area contributed by atoms with Crippen LogP contribution in [0.3, 0.4) is 0 Å². The van der Waals surface area contributed by atoms with E-state index in [1.54, 1.807) is 4.90 Å². The van der Waals surface area contributed by atoms with Crippen LogP contribution in [0.1, 0.15) is 12.5 Å². The van der Waals surface area contributed by atoms with Gasteiger partial charge in [-0.2, -0.15) is 0 Å². The fraction of sp³-hybridized carbons (Fsp3) is 0.364. The third-order valence-electron chi connectivity index (χ3n) is 4.31. The van der Waals surface area contributed by atoms with E-state index in [0.717, 1.165) is 28.1 Å². The molecule has 8 heteroatoms. The molecule has 0 aliphatic carbocycles. The van der Waals surface area contributed by atoms with Gasteiger partial charge in [-0.1, -0.05) is 23.5 Å². The predicted octanol–water partition coefficient (Wildman–Crippen LogP) is 4.40. The van der Waals surface area contributed by atoms with Crippen LogP contribution in [0.5, 0.6) is 11.5 Å². The van der Waals surface area contributed by atoms with Gasteiger partial charge in [-0.3, -0.25) is 9.69 Å². The number of thiazole rings is 1. The van der Waals surface area contributed by atoms with Crippen molar-refractivity contribution in [1.82, 2.24) is 9.88 Å². The van der Waals surface area contributed by atoms with E-state index < -0.39 is 0 Å². The predicted molar refractivity (Wildman–Crippen MR) is 126 cm³/mol. The van der Waals surface area contributed by atoms with Crippen molar-refractivity contribution in [3.05, 3.63) is 48.0 Å². The summed E-state index contributed by atoms with van der Waals surface area (Å²) in [5.41, 5.74) is 1.95. The van der Waals surface area contributed by atoms with Gasteiger partial charge in [0.25, 0.3) is 5.91 Å². The van der Waals surface area contributed by atoms with Gasteiger partial charge in [0.15, 0.2) is 11.7 Å². The van der Waals surface area contributed by atoms with Gasteiger partial charge in [-0.15, -0.1) is 12.4 Å². The van der Waals surface area contributed by atoms with Gasteiger partial charge >= 0.3 is 0 Å². The lowest BCUT2D eigenvalue weighted by Gasteiger charge is -2.22. The first-order valence-electron chi connectivity index (χ1n) is 9.64. The van der Waals surface area contributed by atoms with Crippen molar-refractivity contribution in [2.45, 2.75) is 13.8 Å². The SMILES string of the molecule is CCOc1ccc2nc(N(CCN(C)C)C(=O)COc3cccc(C)c3)sc2c1.Cl. The molecule has 0 atom stereocenters. The molecular weight excluding hydrogens is 422 g/mol. The zero-order chi connectivity index (χ0) is 20.8. The normalized spacial score (nSPS) is 10.7. The Bertz CT molecular complexity index is 977. The van der Waals surface area contributed by atoms with Crippen LogP contribution in [0, 0.1) is 6.92 Å². The highest BCUT2D eigenvalue weighted by molar-refractivity contribution is 7.22. The molecule has 3 rings (SSSR count). The summed E-state index contributed by atoms with van der Waals surface area (Å²) in [4.78, 5) is 21.4. The molecule has 1 amide bonds. The molecule has 6 nitrogen and oxygen atoms in total. The molecular formula is C22H28ClN3O3S. The van der Waals surface area contributed by atoms with Crippen molar-refractivity contribution in [1.29, 1.82) is 0 Å². The highest BCUT2D eigenvalue weighted by Crippen LogP contribution is 2.31. The molecule has 0 fully saturated rings. The number of hydrogen-bond acceptors (Lipinski definition) is 6. The number of amides is 1. The number of aryl methyl sites for hydroxylation is 1. The van der Waals surface area contributed by atoms with E-state index in [9.17, 15) is 4.79 Å². The van der Waals surface area contributed by atoms with Gasteiger partial charge in [0, 0.05) is 13.1 Å². The number of fused-ring (bicyclic) bond motifs is 1. The third-order valence-corrected chi connectivity index (χ3v) is 5.36. The maximum Gasteiger partial charge on any atom is 0.266 e. The summed E-state index contributed by atoms with van der Waals surface area (Å²) in [6.07, 6.45) is 0. The van der Waals surface area contributed by atoms with Gasteiger partial charge in [0.2, 0.25) is 0 Å². The number of carbonyl (C=O) groups is 1. The average Bonchev–Trinajstić information content (AvgIpc) is 3.09. The molecule has 0 radical (unpaired) electrons. The van der Waals surface area contributed by atoms with Crippen LogP contribution in [-0.2, 0) is 4.79 Å². The highest BCUT2D eigenvalue weighted by Gasteiger charge is 2.20. The first-order valence-corrected chi connectivity index (χ1v) is 10.5. The summed E-state index contributed by atoms with van der Waals surface area (Å²) < 4.78 is 12.3. The Balaban J connectivity index is 0.00000320. The minimum Gasteiger partial charge on any atom is -0.494 e. The summed E-state index contributed by atoms with van der Waals surface area (Å²) in [5, 5.41) is 0.674. The number of nitrogens with zero attached hydrogens (tertiary/aromatic N) is 3. The Morgan fingerprint density at radius 2 is 1.83 bits per heavy atom. The minimum absolute atomic E-state index is 0. The molecule has 0 unspecified atom stereocenters. The number of rotatable bonds is 9. The molecule has 0 aliphatic heterocycles. The molecule has 0 bridgehead atoms. The number of halogens is 1. The Kier molecular flexibility index (Phi) is 8.89. The molecule has 0 saturated heterocycles. The first-order chi connectivity index (χ1) is 14.0. The lowest BCUT2D eigenvalue weighted by Crippen LogP contribution is -2.39. The smallest absolute Gasteiger partial charge is 0.266 e. The first kappa shape index (κ1) is 23.9. The van der Waals surface area contributed by atoms with Crippen LogP contribution in [0.4, 0.5) is 5.13 Å². The Labute approximate surface area is 187 Å². The Morgan fingerprint density at radius 3 is 2.53 bits per heavy atom. The summed E-state index contributed by atoms with van der Waals surface area (Å²) in [6.45, 7) is 5.81. The maximum atomic E-state index is 13.0. The van der Waals surface area contributed by atoms with Crippen molar-refractivity contribution in [3.8, 4) is 11.5 Å². The quantitative estimate of drug-likeness (QED) is 0.484. The van der Waals surface area contributed by atoms with Crippen molar-refractivity contribution >= 4 is 45.0 Å². The number of anilines is 1. The van der Waals surface area contributed by atoms with E-state index >= 15 is 0 Å². The molecule has 1 aromatic heterocycles. The zero-order valence-electron chi connectivity index (χ0n) is 17.8. The van der Waals surface area contributed by atoms with E-state index in [0.29, 0.717) is 24.0 Å². The molecule has 0 aliphatic rings. The summed E-state index contributed by atoms with van der Waals surface area (Å²) in [7, 11) is 3.97. The zero-order valence-corrected chi connectivity index (χ0v) is 19.4. The molecule has 162 valence electrons. The van der Waals surface area contributed by atoms with Gasteiger partial charge in [-0.05, 0) is 63.8 Å². The van der Waals surface area contributed by atoms with Crippen LogP contribution in [0.25, 0.3) is 10.2 Å². The van der Waals surface area contributed by atoms with Crippen LogP contribution < -0.4 is 14.4 Å². The third kappa shape index (κ3) is 6.32. The lowest BCUT2D eigenvalue weighted by molar-refractivity contribution is -0.120. The number of carbonyl (C=O) groups excluding carboxylic acids is 1. The Hall–Kier alpha value is -2.35. The monoisotopic (exact) mass is 449 g/mol. The van der Waals surface area contributed by atoms with Gasteiger partial charge in [0.1, 0.15) is 11.5 Å². The number of ether oxygens (including phenoxy) is 2. The average molecular weight is 450 g/mol. The summed E-state index contributed by atoms with van der Waals surface area (Å²) >= 11 is 1.49. The fourth-order valence-electron chi connectivity index (χ4n) is 2.82. The second-order valence-electron chi connectivity index (χ2n) is 7.01. The maximum absolute atomic E-state index is 13.0. The van der Waals surface area contributed by atoms with E-state index in [4.69, 9.17) is 9.47 Å². The van der Waals surface area contributed by atoms with Crippen LogP contribution in [0.2, 0.25) is 0 Å². The van der Waals surface area contributed by atoms with Gasteiger partial charge in [0.05, 0.1) is 16.8 Å². The molecule has 30 heavy (non-hydrogen) atoms. The van der Waals surface area contributed by atoms with Crippen LogP contribution >= 0.6 is 23.7 Å². The summed E-state index contributed by atoms with van der Waals surface area (Å²) in [5.74, 6) is 1.39. The van der Waals surface area contributed by atoms with Crippen molar-refractivity contribution < 1.29 is 14.3 Å². The van der Waals surface area contributed by atoms with E-state index in [-0.39, 0.29) is 24.9 Å². The number of likely N-dealkylation sites (N-methyl/N-ethyl adjacent to an activating group) is 1. The Morgan fingerprint density at radius 1 is 1.07 bits per heavy atom. The molecule has 0 N–H and O–H groups in total. The van der Waals surface area contributed by atoms with E-state index in [2.05, 4.69) is 4.98 Å². The number of aromatic nitrogens is 1. The van der Waals surface area contributed by atoms with Crippen LogP contribution in [-0.4, -0.2) is 56.2 Å². The van der Waals surface area contributed by atoms with Crippen molar-refractivity contribution in [2.24, 2.45) is 0 Å². The van der Waals surface area contributed by atoms with Gasteiger partial charge in [-0.25, -0.2) is 4.98 Å². The van der Waals surface area contributed by atoms with E-state index in [1.165, 1.54) is 11.3 Å². The number of hydrogen-bond donors (Lipinski definition) is 0.